The van der Waals surface area contributed by atoms with Crippen molar-refractivity contribution >= 4 is 23.5 Å². The predicted octanol–water partition coefficient (Wildman–Crippen LogP) is 3.22. The number of carbonyl (C=O) groups is 2. The minimum absolute atomic E-state index is 0.0506. The molecular formula is C21H20ClNO4. The molecule has 2 aromatic carbocycles. The Bertz CT molecular complexity index is 870. The van der Waals surface area contributed by atoms with Gasteiger partial charge in [0.1, 0.15) is 12.4 Å². The zero-order valence-electron chi connectivity index (χ0n) is 14.7. The summed E-state index contributed by atoms with van der Waals surface area (Å²) in [7, 11) is 0. The molecule has 5 nitrogen and oxygen atoms in total. The van der Waals surface area contributed by atoms with Crippen LogP contribution < -0.4 is 4.74 Å². The molecule has 140 valence electrons. The molecular weight excluding hydrogens is 366 g/mol. The molecule has 0 radical (unpaired) electrons. The summed E-state index contributed by atoms with van der Waals surface area (Å²) in [6.07, 6.45) is 0.555. The highest BCUT2D eigenvalue weighted by Gasteiger charge is 2.42. The van der Waals surface area contributed by atoms with Crippen LogP contribution in [0.5, 0.6) is 5.75 Å². The lowest BCUT2D eigenvalue weighted by Crippen LogP contribution is -2.40. The number of nitrogens with zero attached hydrogens (tertiary/aromatic N) is 1. The standard InChI is InChI=1S/C21H20ClNO4/c22-16-6-7-19-14(9-16)8-15(12-27-19)20(24)23-10-17(18(11-23)21(25)26)13-4-2-1-3-5-13/h1-7,9,15,17-18H,8,10-12H2,(H,25,26). The van der Waals surface area contributed by atoms with E-state index >= 15 is 0 Å². The lowest BCUT2D eigenvalue weighted by Gasteiger charge is -2.28. The fourth-order valence-electron chi connectivity index (χ4n) is 4.05. The maximum Gasteiger partial charge on any atom is 0.308 e. The van der Waals surface area contributed by atoms with E-state index in [2.05, 4.69) is 0 Å². The first-order valence-electron chi connectivity index (χ1n) is 9.00. The largest absolute Gasteiger partial charge is 0.492 e. The van der Waals surface area contributed by atoms with Crippen molar-refractivity contribution in [2.24, 2.45) is 11.8 Å². The Morgan fingerprint density at radius 3 is 2.63 bits per heavy atom. The Morgan fingerprint density at radius 2 is 1.89 bits per heavy atom. The number of benzene rings is 2. The molecule has 0 bridgehead atoms. The predicted molar refractivity (Wildman–Crippen MR) is 101 cm³/mol. The SMILES string of the molecule is O=C(O)C1CN(C(=O)C2COc3ccc(Cl)cc3C2)CC1c1ccccc1. The number of hydrogen-bond acceptors (Lipinski definition) is 3. The molecule has 0 saturated carbocycles. The van der Waals surface area contributed by atoms with Gasteiger partial charge in [-0.3, -0.25) is 9.59 Å². The minimum Gasteiger partial charge on any atom is -0.492 e. The molecule has 0 aromatic heterocycles. The summed E-state index contributed by atoms with van der Waals surface area (Å²) >= 11 is 6.06. The quantitative estimate of drug-likeness (QED) is 0.880. The molecule has 1 amide bonds. The monoisotopic (exact) mass is 385 g/mol. The number of hydrogen-bond donors (Lipinski definition) is 1. The molecule has 4 rings (SSSR count). The number of carbonyl (C=O) groups excluding carboxylic acids is 1. The summed E-state index contributed by atoms with van der Waals surface area (Å²) in [4.78, 5) is 26.5. The van der Waals surface area contributed by atoms with Gasteiger partial charge < -0.3 is 14.7 Å². The number of rotatable bonds is 3. The molecule has 2 aromatic rings. The van der Waals surface area contributed by atoms with Crippen LogP contribution in [0.4, 0.5) is 0 Å². The topological polar surface area (TPSA) is 66.8 Å². The van der Waals surface area contributed by atoms with E-state index in [1.807, 2.05) is 42.5 Å². The Labute approximate surface area is 162 Å². The highest BCUT2D eigenvalue weighted by molar-refractivity contribution is 6.30. The van der Waals surface area contributed by atoms with Gasteiger partial charge in [0, 0.05) is 24.0 Å². The van der Waals surface area contributed by atoms with Gasteiger partial charge in [-0.1, -0.05) is 41.9 Å². The van der Waals surface area contributed by atoms with Crippen molar-refractivity contribution in [1.82, 2.24) is 4.90 Å². The summed E-state index contributed by atoms with van der Waals surface area (Å²) in [5, 5.41) is 10.3. The molecule has 27 heavy (non-hydrogen) atoms. The van der Waals surface area contributed by atoms with Crippen molar-refractivity contribution in [2.75, 3.05) is 19.7 Å². The number of likely N-dealkylation sites (tertiary alicyclic amines) is 1. The average molecular weight is 386 g/mol. The Hall–Kier alpha value is -2.53. The van der Waals surface area contributed by atoms with Crippen LogP contribution in [-0.4, -0.2) is 41.6 Å². The van der Waals surface area contributed by atoms with E-state index < -0.39 is 11.9 Å². The van der Waals surface area contributed by atoms with Gasteiger partial charge in [-0.2, -0.15) is 0 Å². The third-order valence-corrected chi connectivity index (χ3v) is 5.69. The third kappa shape index (κ3) is 3.52. The van der Waals surface area contributed by atoms with Crippen molar-refractivity contribution in [3.63, 3.8) is 0 Å². The summed E-state index contributed by atoms with van der Waals surface area (Å²) in [5.41, 5.74) is 1.87. The Morgan fingerprint density at radius 1 is 1.11 bits per heavy atom. The van der Waals surface area contributed by atoms with E-state index in [0.29, 0.717) is 24.6 Å². The van der Waals surface area contributed by atoms with Crippen molar-refractivity contribution in [3.05, 3.63) is 64.7 Å². The number of aliphatic carboxylic acids is 1. The molecule has 0 aliphatic carbocycles. The lowest BCUT2D eigenvalue weighted by molar-refractivity contribution is -0.142. The Kier molecular flexibility index (Phi) is 4.79. The lowest BCUT2D eigenvalue weighted by atomic mass is 9.89. The van der Waals surface area contributed by atoms with Crippen LogP contribution in [0.1, 0.15) is 17.0 Å². The number of ether oxygens (including phenoxy) is 1. The average Bonchev–Trinajstić information content (AvgIpc) is 3.13. The molecule has 1 saturated heterocycles. The van der Waals surface area contributed by atoms with E-state index in [1.54, 1.807) is 11.0 Å². The van der Waals surface area contributed by atoms with Crippen LogP contribution in [0.15, 0.2) is 48.5 Å². The molecule has 1 fully saturated rings. The highest BCUT2D eigenvalue weighted by Crippen LogP contribution is 2.35. The molecule has 3 atom stereocenters. The molecule has 2 aliphatic heterocycles. The first kappa shape index (κ1) is 17.9. The first-order valence-corrected chi connectivity index (χ1v) is 9.38. The zero-order valence-corrected chi connectivity index (χ0v) is 15.4. The van der Waals surface area contributed by atoms with Gasteiger partial charge >= 0.3 is 5.97 Å². The number of amides is 1. The van der Waals surface area contributed by atoms with Crippen LogP contribution in [0, 0.1) is 11.8 Å². The van der Waals surface area contributed by atoms with Crippen LogP contribution in [-0.2, 0) is 16.0 Å². The van der Waals surface area contributed by atoms with E-state index in [-0.39, 0.29) is 24.3 Å². The van der Waals surface area contributed by atoms with E-state index in [4.69, 9.17) is 16.3 Å². The number of halogens is 1. The fourth-order valence-corrected chi connectivity index (χ4v) is 4.25. The van der Waals surface area contributed by atoms with Gasteiger partial charge in [0.2, 0.25) is 5.91 Å². The summed E-state index contributed by atoms with van der Waals surface area (Å²) in [6.45, 7) is 0.947. The Balaban J connectivity index is 1.52. The molecule has 0 spiro atoms. The van der Waals surface area contributed by atoms with Gasteiger partial charge in [0.15, 0.2) is 0 Å². The molecule has 6 heteroatoms. The fraction of sp³-hybridized carbons (Fsp3) is 0.333. The van der Waals surface area contributed by atoms with Gasteiger partial charge in [0.05, 0.1) is 11.8 Å². The van der Waals surface area contributed by atoms with Gasteiger partial charge in [-0.15, -0.1) is 0 Å². The van der Waals surface area contributed by atoms with Crippen molar-refractivity contribution in [3.8, 4) is 5.75 Å². The van der Waals surface area contributed by atoms with Crippen LogP contribution in [0.3, 0.4) is 0 Å². The molecule has 3 unspecified atom stereocenters. The van der Waals surface area contributed by atoms with Gasteiger partial charge in [0.25, 0.3) is 0 Å². The van der Waals surface area contributed by atoms with E-state index in [1.165, 1.54) is 0 Å². The van der Waals surface area contributed by atoms with E-state index in [0.717, 1.165) is 16.9 Å². The molecule has 2 heterocycles. The summed E-state index contributed by atoms with van der Waals surface area (Å²) in [5.74, 6) is -1.27. The maximum absolute atomic E-state index is 13.1. The first-order chi connectivity index (χ1) is 13.0. The number of carboxylic acids is 1. The van der Waals surface area contributed by atoms with Crippen molar-refractivity contribution < 1.29 is 19.4 Å². The zero-order chi connectivity index (χ0) is 19.0. The molecule has 2 aliphatic rings. The number of carboxylic acid groups (broad SMARTS) is 1. The second-order valence-corrected chi connectivity index (χ2v) is 7.61. The summed E-state index contributed by atoms with van der Waals surface area (Å²) < 4.78 is 5.74. The van der Waals surface area contributed by atoms with Gasteiger partial charge in [-0.25, -0.2) is 0 Å². The summed E-state index contributed by atoms with van der Waals surface area (Å²) in [6, 6.07) is 15.0. The van der Waals surface area contributed by atoms with Crippen LogP contribution in [0.25, 0.3) is 0 Å². The number of fused-ring (bicyclic) bond motifs is 1. The second-order valence-electron chi connectivity index (χ2n) is 7.17. The third-order valence-electron chi connectivity index (χ3n) is 5.45. The van der Waals surface area contributed by atoms with Crippen LogP contribution >= 0.6 is 11.6 Å². The van der Waals surface area contributed by atoms with Crippen molar-refractivity contribution in [2.45, 2.75) is 12.3 Å². The highest BCUT2D eigenvalue weighted by atomic mass is 35.5. The molecule has 1 N–H and O–H groups in total. The van der Waals surface area contributed by atoms with E-state index in [9.17, 15) is 14.7 Å². The second kappa shape index (κ2) is 7.24. The normalized spacial score (nSPS) is 24.2. The maximum atomic E-state index is 13.1. The van der Waals surface area contributed by atoms with Crippen molar-refractivity contribution in [1.29, 1.82) is 0 Å². The van der Waals surface area contributed by atoms with Gasteiger partial charge in [-0.05, 0) is 35.7 Å². The minimum atomic E-state index is -0.865. The smallest absolute Gasteiger partial charge is 0.308 e. The van der Waals surface area contributed by atoms with Crippen LogP contribution in [0.2, 0.25) is 5.02 Å².